The third-order valence-corrected chi connectivity index (χ3v) is 8.98. The molecule has 0 N–H and O–H groups in total. The maximum atomic E-state index is 13.2. The number of methoxy groups -OCH3 is 2. The van der Waals surface area contributed by atoms with Crippen molar-refractivity contribution in [3.8, 4) is 11.5 Å². The normalized spacial score (nSPS) is 28.8. The van der Waals surface area contributed by atoms with E-state index >= 15 is 0 Å². The molecule has 0 spiro atoms. The van der Waals surface area contributed by atoms with Gasteiger partial charge < -0.3 is 14.2 Å². The Morgan fingerprint density at radius 3 is 2.67 bits per heavy atom. The number of carbonyl (C=O) groups excluding carboxylic acids is 2. The monoisotopic (exact) mass is 488 g/mol. The molecule has 5 heteroatoms. The minimum absolute atomic E-state index is 0.259. The molecular weight excluding hydrogens is 452 g/mol. The summed E-state index contributed by atoms with van der Waals surface area (Å²) in [5.74, 6) is 3.11. The second-order valence-corrected chi connectivity index (χ2v) is 10.8. The third kappa shape index (κ3) is 4.44. The fourth-order valence-corrected chi connectivity index (χ4v) is 7.27. The minimum atomic E-state index is -0.340. The summed E-state index contributed by atoms with van der Waals surface area (Å²) in [6.07, 6.45) is 8.75. The number of carbonyl (C=O) groups is 2. The van der Waals surface area contributed by atoms with Crippen LogP contribution in [0.25, 0.3) is 0 Å². The number of ether oxygens (including phenoxy) is 3. The van der Waals surface area contributed by atoms with Crippen LogP contribution < -0.4 is 9.47 Å². The van der Waals surface area contributed by atoms with Crippen LogP contribution in [0.3, 0.4) is 0 Å². The molecule has 36 heavy (non-hydrogen) atoms. The molecule has 2 fully saturated rings. The van der Waals surface area contributed by atoms with Gasteiger partial charge >= 0.3 is 5.97 Å². The Labute approximate surface area is 213 Å². The molecule has 5 nitrogen and oxygen atoms in total. The summed E-state index contributed by atoms with van der Waals surface area (Å²) in [6, 6.07) is 14.5. The Kier molecular flexibility index (Phi) is 6.92. The predicted octanol–water partition coefficient (Wildman–Crippen LogP) is 6.04. The average molecular weight is 489 g/mol. The summed E-state index contributed by atoms with van der Waals surface area (Å²) >= 11 is 0. The summed E-state index contributed by atoms with van der Waals surface area (Å²) in [5.41, 5.74) is 3.57. The number of allylic oxidation sites excluding steroid dienone is 1. The van der Waals surface area contributed by atoms with Gasteiger partial charge in [-0.15, -0.1) is 0 Å². The van der Waals surface area contributed by atoms with Gasteiger partial charge in [-0.3, -0.25) is 4.79 Å². The molecular formula is C31H36O5. The van der Waals surface area contributed by atoms with Gasteiger partial charge in [-0.05, 0) is 84.6 Å². The fourth-order valence-electron chi connectivity index (χ4n) is 7.27. The van der Waals surface area contributed by atoms with Gasteiger partial charge in [0.15, 0.2) is 11.5 Å². The molecule has 0 heterocycles. The van der Waals surface area contributed by atoms with Gasteiger partial charge in [-0.2, -0.15) is 0 Å². The van der Waals surface area contributed by atoms with Crippen LogP contribution in [-0.4, -0.2) is 26.0 Å². The highest BCUT2D eigenvalue weighted by atomic mass is 16.5. The lowest BCUT2D eigenvalue weighted by Crippen LogP contribution is -2.44. The van der Waals surface area contributed by atoms with Gasteiger partial charge in [-0.25, -0.2) is 4.79 Å². The number of esters is 1. The summed E-state index contributed by atoms with van der Waals surface area (Å²) < 4.78 is 16.7. The van der Waals surface area contributed by atoms with Crippen LogP contribution in [-0.2, 0) is 27.4 Å². The Morgan fingerprint density at radius 1 is 1.11 bits per heavy atom. The molecule has 0 saturated heterocycles. The van der Waals surface area contributed by atoms with Crippen LogP contribution >= 0.6 is 0 Å². The molecule has 0 amide bonds. The van der Waals surface area contributed by atoms with Gasteiger partial charge in [-0.1, -0.05) is 43.3 Å². The second kappa shape index (κ2) is 10.1. The molecule has 2 aromatic rings. The molecule has 190 valence electrons. The van der Waals surface area contributed by atoms with E-state index in [1.54, 1.807) is 7.11 Å². The average Bonchev–Trinajstić information content (AvgIpc) is 3.16. The summed E-state index contributed by atoms with van der Waals surface area (Å²) in [6.45, 7) is 2.70. The van der Waals surface area contributed by atoms with Crippen molar-refractivity contribution in [3.63, 3.8) is 0 Å². The first kappa shape index (κ1) is 24.6. The van der Waals surface area contributed by atoms with Gasteiger partial charge in [0.25, 0.3) is 0 Å². The first-order chi connectivity index (χ1) is 17.4. The zero-order valence-electron chi connectivity index (χ0n) is 21.5. The van der Waals surface area contributed by atoms with E-state index in [9.17, 15) is 9.59 Å². The molecule has 2 saturated carbocycles. The zero-order valence-corrected chi connectivity index (χ0v) is 21.5. The second-order valence-electron chi connectivity index (χ2n) is 10.8. The SMILES string of the molecule is COC(=O)C=CC[C@@H]1CC(=O)[C@@]2(C)CCC3c4cc(OC)c(OCc5ccccc5)cc4CCC3C12. The van der Waals surface area contributed by atoms with Gasteiger partial charge in [0.1, 0.15) is 12.4 Å². The van der Waals surface area contributed by atoms with E-state index in [4.69, 9.17) is 14.2 Å². The fraction of sp³-hybridized carbons (Fsp3) is 0.484. The highest BCUT2D eigenvalue weighted by Crippen LogP contribution is 2.62. The number of ketones is 1. The molecule has 3 aliphatic rings. The number of fused-ring (bicyclic) bond motifs is 5. The number of aryl methyl sites for hydroxylation is 1. The van der Waals surface area contributed by atoms with Crippen molar-refractivity contribution in [3.05, 3.63) is 71.3 Å². The quantitative estimate of drug-likeness (QED) is 0.351. The van der Waals surface area contributed by atoms with E-state index in [2.05, 4.69) is 31.2 Å². The lowest BCUT2D eigenvalue weighted by molar-refractivity contribution is -0.135. The molecule has 0 aromatic heterocycles. The summed E-state index contributed by atoms with van der Waals surface area (Å²) in [4.78, 5) is 24.8. The van der Waals surface area contributed by atoms with Crippen LogP contribution in [0.2, 0.25) is 0 Å². The minimum Gasteiger partial charge on any atom is -0.493 e. The number of Topliss-reactive ketones (excluding diaryl/α,β-unsaturated/α-hetero) is 1. The van der Waals surface area contributed by atoms with Gasteiger partial charge in [0, 0.05) is 17.9 Å². The van der Waals surface area contributed by atoms with Crippen LogP contribution in [0, 0.1) is 23.2 Å². The van der Waals surface area contributed by atoms with E-state index in [1.165, 1.54) is 24.3 Å². The van der Waals surface area contributed by atoms with Crippen molar-refractivity contribution >= 4 is 11.8 Å². The maximum Gasteiger partial charge on any atom is 0.330 e. The third-order valence-electron chi connectivity index (χ3n) is 8.98. The van der Waals surface area contributed by atoms with Crippen molar-refractivity contribution in [2.24, 2.45) is 23.2 Å². The topological polar surface area (TPSA) is 61.8 Å². The predicted molar refractivity (Wildman–Crippen MR) is 138 cm³/mol. The number of benzene rings is 2. The molecule has 0 aliphatic heterocycles. The van der Waals surface area contributed by atoms with E-state index in [-0.39, 0.29) is 17.3 Å². The Hall–Kier alpha value is -3.08. The van der Waals surface area contributed by atoms with Crippen LogP contribution in [0.4, 0.5) is 0 Å². The Balaban J connectivity index is 1.40. The molecule has 5 rings (SSSR count). The van der Waals surface area contributed by atoms with E-state index < -0.39 is 0 Å². The molecule has 5 atom stereocenters. The molecule has 3 unspecified atom stereocenters. The van der Waals surface area contributed by atoms with Gasteiger partial charge in [0.2, 0.25) is 0 Å². The summed E-state index contributed by atoms with van der Waals surface area (Å²) in [5, 5.41) is 0. The number of hydrogen-bond acceptors (Lipinski definition) is 5. The summed E-state index contributed by atoms with van der Waals surface area (Å²) in [7, 11) is 3.09. The molecule has 0 bridgehead atoms. The highest BCUT2D eigenvalue weighted by molar-refractivity contribution is 5.88. The first-order valence-corrected chi connectivity index (χ1v) is 13.1. The van der Waals surface area contributed by atoms with Crippen molar-refractivity contribution in [1.29, 1.82) is 0 Å². The Bertz CT molecular complexity index is 1150. The molecule has 2 aromatic carbocycles. The van der Waals surface area contributed by atoms with Crippen LogP contribution in [0.5, 0.6) is 11.5 Å². The Morgan fingerprint density at radius 2 is 1.92 bits per heavy atom. The smallest absolute Gasteiger partial charge is 0.330 e. The lowest BCUT2D eigenvalue weighted by atomic mass is 9.54. The van der Waals surface area contributed by atoms with E-state index in [0.717, 1.165) is 49.2 Å². The van der Waals surface area contributed by atoms with E-state index in [1.807, 2.05) is 24.3 Å². The van der Waals surface area contributed by atoms with Crippen molar-refractivity contribution in [2.75, 3.05) is 14.2 Å². The highest BCUT2D eigenvalue weighted by Gasteiger charge is 2.58. The van der Waals surface area contributed by atoms with Gasteiger partial charge in [0.05, 0.1) is 14.2 Å². The van der Waals surface area contributed by atoms with Crippen molar-refractivity contribution in [1.82, 2.24) is 0 Å². The number of rotatable bonds is 7. The number of hydrogen-bond donors (Lipinski definition) is 0. The standard InChI is InChI=1S/C31H36O5/c1-31-15-14-23-24(30(31)22(17-28(31)32)10-7-11-29(33)35-3)13-12-21-16-27(26(34-2)18-25(21)23)36-19-20-8-5-4-6-9-20/h4-9,11,16,18,22-24,30H,10,12-15,17,19H2,1-3H3/t22-,23?,24?,30?,31-/m1/s1. The molecule has 0 radical (unpaired) electrons. The zero-order chi connectivity index (χ0) is 25.3. The van der Waals surface area contributed by atoms with Crippen molar-refractivity contribution < 1.29 is 23.8 Å². The van der Waals surface area contributed by atoms with Crippen LogP contribution in [0.1, 0.15) is 61.6 Å². The largest absolute Gasteiger partial charge is 0.493 e. The molecule has 3 aliphatic carbocycles. The first-order valence-electron chi connectivity index (χ1n) is 13.1. The van der Waals surface area contributed by atoms with Crippen LogP contribution in [0.15, 0.2) is 54.6 Å². The maximum absolute atomic E-state index is 13.2. The lowest BCUT2D eigenvalue weighted by Gasteiger charge is -2.50. The van der Waals surface area contributed by atoms with Crippen molar-refractivity contribution in [2.45, 2.75) is 58.0 Å². The van der Waals surface area contributed by atoms with E-state index in [0.29, 0.717) is 36.6 Å².